The first-order valence-corrected chi connectivity index (χ1v) is 6.87. The highest BCUT2D eigenvalue weighted by Gasteiger charge is 2.18. The maximum Gasteiger partial charge on any atom is 0.349 e. The van der Waals surface area contributed by atoms with Crippen molar-refractivity contribution < 1.29 is 14.5 Å². The summed E-state index contributed by atoms with van der Waals surface area (Å²) < 4.78 is 4.95. The third kappa shape index (κ3) is 4.42. The van der Waals surface area contributed by atoms with Crippen molar-refractivity contribution in [3.05, 3.63) is 45.0 Å². The van der Waals surface area contributed by atoms with E-state index in [9.17, 15) is 14.9 Å². The number of carbonyl (C=O) groups excluding carboxylic acids is 1. The molecule has 22 heavy (non-hydrogen) atoms. The summed E-state index contributed by atoms with van der Waals surface area (Å²) in [5.74, 6) is -0.743. The van der Waals surface area contributed by atoms with Gasteiger partial charge in [-0.2, -0.15) is 5.26 Å². The minimum Gasteiger partial charge on any atom is -0.459 e. The molecule has 1 aromatic rings. The van der Waals surface area contributed by atoms with Gasteiger partial charge in [-0.05, 0) is 31.4 Å². The molecule has 6 heteroatoms. The molecule has 0 saturated carbocycles. The van der Waals surface area contributed by atoms with E-state index in [2.05, 4.69) is 0 Å². The largest absolute Gasteiger partial charge is 0.459 e. The number of ether oxygens (including phenoxy) is 1. The van der Waals surface area contributed by atoms with Gasteiger partial charge in [0.25, 0.3) is 5.69 Å². The van der Waals surface area contributed by atoms with Crippen LogP contribution >= 0.6 is 0 Å². The van der Waals surface area contributed by atoms with E-state index in [0.29, 0.717) is 11.1 Å². The third-order valence-corrected chi connectivity index (χ3v) is 2.87. The Morgan fingerprint density at radius 3 is 2.45 bits per heavy atom. The fraction of sp³-hybridized carbons (Fsp3) is 0.375. The number of nitro groups is 1. The Balaban J connectivity index is 3.24. The number of rotatable bonds is 5. The number of benzene rings is 1. The van der Waals surface area contributed by atoms with Gasteiger partial charge in [-0.15, -0.1) is 0 Å². The molecule has 0 spiro atoms. The highest BCUT2D eigenvalue weighted by molar-refractivity contribution is 5.98. The minimum absolute atomic E-state index is 0.000210. The molecule has 1 aromatic carbocycles. The second-order valence-electron chi connectivity index (χ2n) is 5.35. The predicted octanol–water partition coefficient (Wildman–Crippen LogP) is 3.58. The molecule has 0 N–H and O–H groups in total. The molecule has 0 aliphatic rings. The van der Waals surface area contributed by atoms with E-state index in [1.165, 1.54) is 12.1 Å². The Kier molecular flexibility index (Phi) is 5.81. The van der Waals surface area contributed by atoms with Crippen LogP contribution in [-0.4, -0.2) is 17.0 Å². The first kappa shape index (κ1) is 17.4. The Morgan fingerprint density at radius 2 is 2.00 bits per heavy atom. The molecule has 116 valence electrons. The zero-order valence-electron chi connectivity index (χ0n) is 13.0. The van der Waals surface area contributed by atoms with Crippen LogP contribution in [0.25, 0.3) is 6.08 Å². The predicted molar refractivity (Wildman–Crippen MR) is 82.0 cm³/mol. The lowest BCUT2D eigenvalue weighted by atomic mass is 9.98. The number of esters is 1. The molecule has 0 radical (unpaired) electrons. The van der Waals surface area contributed by atoms with Crippen LogP contribution in [0.3, 0.4) is 0 Å². The molecular formula is C16H18N2O4. The highest BCUT2D eigenvalue weighted by atomic mass is 16.6. The van der Waals surface area contributed by atoms with Crippen molar-refractivity contribution in [2.45, 2.75) is 39.7 Å². The molecular weight excluding hydrogens is 284 g/mol. The summed E-state index contributed by atoms with van der Waals surface area (Å²) in [6.07, 6.45) is 0.948. The number of nitro benzene ring substituents is 1. The lowest BCUT2D eigenvalue weighted by Gasteiger charge is -2.08. The van der Waals surface area contributed by atoms with Crippen molar-refractivity contribution in [2.75, 3.05) is 0 Å². The quantitative estimate of drug-likeness (QED) is 0.272. The summed E-state index contributed by atoms with van der Waals surface area (Å²) in [5.41, 5.74) is 0.789. The molecule has 0 atom stereocenters. The highest BCUT2D eigenvalue weighted by Crippen LogP contribution is 2.28. The lowest BCUT2D eigenvalue weighted by Crippen LogP contribution is -2.12. The number of hydrogen-bond acceptors (Lipinski definition) is 5. The summed E-state index contributed by atoms with van der Waals surface area (Å²) in [6.45, 7) is 7.07. The van der Waals surface area contributed by atoms with Gasteiger partial charge >= 0.3 is 5.97 Å². The Hall–Kier alpha value is -2.68. The number of nitriles is 1. The molecule has 1 rings (SSSR count). The number of carbonyl (C=O) groups is 1. The molecule has 0 aliphatic carbocycles. The Bertz CT molecular complexity index is 655. The molecule has 0 bridgehead atoms. The lowest BCUT2D eigenvalue weighted by molar-refractivity contribution is -0.385. The zero-order chi connectivity index (χ0) is 16.9. The maximum absolute atomic E-state index is 11.7. The van der Waals surface area contributed by atoms with Crippen LogP contribution in [0.5, 0.6) is 0 Å². The SMILES string of the molecule is CC(C)OC(=O)/C(C#N)=C/c1ccc(C(C)C)c([N+](=O)[O-])c1. The standard InChI is InChI=1S/C16H18N2O4/c1-10(2)14-6-5-12(8-15(14)18(20)21)7-13(9-17)16(19)22-11(3)4/h5-8,10-11H,1-4H3/b13-7+. The Morgan fingerprint density at radius 1 is 1.36 bits per heavy atom. The van der Waals surface area contributed by atoms with Gasteiger partial charge in [0.1, 0.15) is 11.6 Å². The normalized spacial score (nSPS) is 11.4. The molecule has 0 saturated heterocycles. The van der Waals surface area contributed by atoms with Gasteiger partial charge in [0.2, 0.25) is 0 Å². The van der Waals surface area contributed by atoms with Gasteiger partial charge < -0.3 is 4.74 Å². The number of hydrogen-bond donors (Lipinski definition) is 0. The van der Waals surface area contributed by atoms with Gasteiger partial charge in [0.15, 0.2) is 0 Å². The van der Waals surface area contributed by atoms with Crippen LogP contribution in [0.2, 0.25) is 0 Å². The van der Waals surface area contributed by atoms with E-state index in [4.69, 9.17) is 10.00 Å². The summed E-state index contributed by atoms with van der Waals surface area (Å²) in [6, 6.07) is 6.39. The molecule has 0 aromatic heterocycles. The van der Waals surface area contributed by atoms with Gasteiger partial charge in [0.05, 0.1) is 11.0 Å². The molecule has 0 amide bonds. The molecule has 0 aliphatic heterocycles. The summed E-state index contributed by atoms with van der Waals surface area (Å²) in [5, 5.41) is 20.2. The first-order valence-electron chi connectivity index (χ1n) is 6.87. The summed E-state index contributed by atoms with van der Waals surface area (Å²) in [7, 11) is 0. The maximum atomic E-state index is 11.7. The van der Waals surface area contributed by atoms with Gasteiger partial charge in [-0.25, -0.2) is 4.79 Å². The van der Waals surface area contributed by atoms with E-state index >= 15 is 0 Å². The van der Waals surface area contributed by atoms with Crippen LogP contribution in [-0.2, 0) is 9.53 Å². The fourth-order valence-electron chi connectivity index (χ4n) is 1.88. The average Bonchev–Trinajstić information content (AvgIpc) is 2.43. The molecule has 6 nitrogen and oxygen atoms in total. The van der Waals surface area contributed by atoms with Gasteiger partial charge in [-0.3, -0.25) is 10.1 Å². The van der Waals surface area contributed by atoms with E-state index in [1.54, 1.807) is 32.0 Å². The van der Waals surface area contributed by atoms with Crippen LogP contribution in [0.1, 0.15) is 44.7 Å². The van der Waals surface area contributed by atoms with Crippen LogP contribution < -0.4 is 0 Å². The van der Waals surface area contributed by atoms with E-state index < -0.39 is 10.9 Å². The zero-order valence-corrected chi connectivity index (χ0v) is 13.0. The molecule has 0 heterocycles. The average molecular weight is 302 g/mol. The molecule has 0 fully saturated rings. The van der Waals surface area contributed by atoms with Crippen LogP contribution in [0.4, 0.5) is 5.69 Å². The van der Waals surface area contributed by atoms with E-state index in [-0.39, 0.29) is 23.3 Å². The van der Waals surface area contributed by atoms with Crippen molar-refractivity contribution in [1.82, 2.24) is 0 Å². The molecule has 0 unspecified atom stereocenters. The second-order valence-corrected chi connectivity index (χ2v) is 5.35. The van der Waals surface area contributed by atoms with Crippen LogP contribution in [0, 0.1) is 21.4 Å². The topological polar surface area (TPSA) is 93.2 Å². The summed E-state index contributed by atoms with van der Waals surface area (Å²) in [4.78, 5) is 22.4. The monoisotopic (exact) mass is 302 g/mol. The Labute approximate surface area is 129 Å². The van der Waals surface area contributed by atoms with Gasteiger partial charge in [-0.1, -0.05) is 26.0 Å². The van der Waals surface area contributed by atoms with Crippen molar-refractivity contribution in [1.29, 1.82) is 5.26 Å². The van der Waals surface area contributed by atoms with E-state index in [0.717, 1.165) is 0 Å². The van der Waals surface area contributed by atoms with Gasteiger partial charge in [0, 0.05) is 11.6 Å². The van der Waals surface area contributed by atoms with Crippen LogP contribution in [0.15, 0.2) is 23.8 Å². The summed E-state index contributed by atoms with van der Waals surface area (Å²) >= 11 is 0. The van der Waals surface area contributed by atoms with Crippen molar-refractivity contribution in [3.63, 3.8) is 0 Å². The first-order chi connectivity index (χ1) is 10.3. The smallest absolute Gasteiger partial charge is 0.349 e. The van der Waals surface area contributed by atoms with Crippen molar-refractivity contribution in [3.8, 4) is 6.07 Å². The number of nitrogens with zero attached hydrogens (tertiary/aromatic N) is 2. The fourth-order valence-corrected chi connectivity index (χ4v) is 1.88. The van der Waals surface area contributed by atoms with Crippen molar-refractivity contribution in [2.24, 2.45) is 0 Å². The third-order valence-electron chi connectivity index (χ3n) is 2.87. The van der Waals surface area contributed by atoms with Crippen molar-refractivity contribution >= 4 is 17.7 Å². The second kappa shape index (κ2) is 7.36. The van der Waals surface area contributed by atoms with E-state index in [1.807, 2.05) is 13.8 Å². The minimum atomic E-state index is -0.743.